The summed E-state index contributed by atoms with van der Waals surface area (Å²) in [5.74, 6) is 1.27. The summed E-state index contributed by atoms with van der Waals surface area (Å²) >= 11 is 0. The molecule has 1 nitrogen and oxygen atoms in total. The average molecular weight is 236 g/mol. The molecule has 0 radical (unpaired) electrons. The maximum absolute atomic E-state index is 9.15. The average Bonchev–Trinajstić information content (AvgIpc) is 2.32. The van der Waals surface area contributed by atoms with E-state index in [1.165, 1.54) is 51.4 Å². The molecular weight excluding hydrogens is 208 g/mol. The molecule has 0 saturated carbocycles. The first-order valence-corrected chi connectivity index (χ1v) is 7.23. The van der Waals surface area contributed by atoms with E-state index in [0.717, 1.165) is 5.92 Å². The summed E-state index contributed by atoms with van der Waals surface area (Å²) in [5, 5.41) is 9.15. The molecule has 2 atom stereocenters. The first-order chi connectivity index (χ1) is 8.33. The van der Waals surface area contributed by atoms with Crippen LogP contribution in [0.5, 0.6) is 0 Å². The Morgan fingerprint density at radius 1 is 1.00 bits per heavy atom. The predicted octanol–water partition coefficient (Wildman–Crippen LogP) is 4.48. The molecule has 1 aliphatic rings. The van der Waals surface area contributed by atoms with Crippen LogP contribution in [0.2, 0.25) is 0 Å². The van der Waals surface area contributed by atoms with Crippen LogP contribution in [0.3, 0.4) is 0 Å². The second-order valence-corrected chi connectivity index (χ2v) is 5.42. The van der Waals surface area contributed by atoms with Gasteiger partial charge in [0.05, 0.1) is 0 Å². The van der Waals surface area contributed by atoms with Gasteiger partial charge in [-0.05, 0) is 56.8 Å². The van der Waals surface area contributed by atoms with Gasteiger partial charge in [-0.1, -0.05) is 37.6 Å². The molecule has 0 amide bonds. The maximum atomic E-state index is 9.15. The summed E-state index contributed by atoms with van der Waals surface area (Å²) in [6, 6.07) is 0. The fraction of sp³-hybridized carbons (Fsp3) is 0.750. The van der Waals surface area contributed by atoms with Crippen molar-refractivity contribution >= 4 is 0 Å². The van der Waals surface area contributed by atoms with E-state index in [2.05, 4.69) is 31.2 Å². The van der Waals surface area contributed by atoms with E-state index in [1.54, 1.807) is 0 Å². The van der Waals surface area contributed by atoms with Gasteiger partial charge in [-0.2, -0.15) is 0 Å². The van der Waals surface area contributed by atoms with Crippen molar-refractivity contribution in [3.8, 4) is 0 Å². The van der Waals surface area contributed by atoms with Gasteiger partial charge in [0.1, 0.15) is 0 Å². The van der Waals surface area contributed by atoms with Gasteiger partial charge in [0.15, 0.2) is 0 Å². The van der Waals surface area contributed by atoms with Gasteiger partial charge >= 0.3 is 0 Å². The lowest BCUT2D eigenvalue weighted by atomic mass is 9.88. The van der Waals surface area contributed by atoms with Gasteiger partial charge in [-0.15, -0.1) is 0 Å². The Hall–Kier alpha value is -0.560. The van der Waals surface area contributed by atoms with E-state index >= 15 is 0 Å². The molecule has 0 heterocycles. The highest BCUT2D eigenvalue weighted by Gasteiger charge is 2.11. The minimum absolute atomic E-state index is 0.340. The van der Waals surface area contributed by atoms with Crippen molar-refractivity contribution < 1.29 is 5.11 Å². The Labute approximate surface area is 107 Å². The second-order valence-electron chi connectivity index (χ2n) is 5.42. The normalized spacial score (nSPS) is 24.9. The molecule has 0 spiro atoms. The molecular formula is C16H28O. The third-order valence-corrected chi connectivity index (χ3v) is 3.61. The standard InChI is InChI=1S/C16H28O/c1-15(14-17)13-16-11-9-7-5-3-2-4-6-8-10-12-16/h3,5-6,8,15-17H,2,4,7,9-14H2,1H3. The smallest absolute Gasteiger partial charge is 0.0456 e. The zero-order chi connectivity index (χ0) is 12.3. The number of hydrogen-bond donors (Lipinski definition) is 1. The van der Waals surface area contributed by atoms with Crippen molar-refractivity contribution in [3.05, 3.63) is 24.3 Å². The molecule has 0 bridgehead atoms. The number of rotatable bonds is 3. The van der Waals surface area contributed by atoms with Crippen LogP contribution in [-0.4, -0.2) is 11.7 Å². The van der Waals surface area contributed by atoms with Crippen molar-refractivity contribution in [2.45, 2.75) is 58.3 Å². The Morgan fingerprint density at radius 2 is 1.65 bits per heavy atom. The van der Waals surface area contributed by atoms with E-state index in [9.17, 15) is 0 Å². The summed E-state index contributed by atoms with van der Waals surface area (Å²) in [4.78, 5) is 0. The fourth-order valence-corrected chi connectivity index (χ4v) is 2.54. The highest BCUT2D eigenvalue weighted by Crippen LogP contribution is 2.23. The van der Waals surface area contributed by atoms with Crippen LogP contribution in [0.1, 0.15) is 58.3 Å². The molecule has 2 unspecified atom stereocenters. The molecule has 0 fully saturated rings. The fourth-order valence-electron chi connectivity index (χ4n) is 2.54. The third-order valence-electron chi connectivity index (χ3n) is 3.61. The van der Waals surface area contributed by atoms with Gasteiger partial charge in [0.2, 0.25) is 0 Å². The lowest BCUT2D eigenvalue weighted by molar-refractivity contribution is 0.205. The summed E-state index contributed by atoms with van der Waals surface area (Å²) in [6.45, 7) is 2.50. The van der Waals surface area contributed by atoms with Gasteiger partial charge in [-0.3, -0.25) is 0 Å². The van der Waals surface area contributed by atoms with Gasteiger partial charge < -0.3 is 5.11 Å². The van der Waals surface area contributed by atoms with Crippen molar-refractivity contribution in [1.82, 2.24) is 0 Å². The molecule has 98 valence electrons. The zero-order valence-electron chi connectivity index (χ0n) is 11.3. The van der Waals surface area contributed by atoms with Crippen molar-refractivity contribution in [2.24, 2.45) is 11.8 Å². The van der Waals surface area contributed by atoms with Crippen molar-refractivity contribution in [1.29, 1.82) is 0 Å². The van der Waals surface area contributed by atoms with E-state index in [4.69, 9.17) is 5.11 Å². The van der Waals surface area contributed by atoms with Crippen LogP contribution in [0, 0.1) is 11.8 Å². The van der Waals surface area contributed by atoms with Gasteiger partial charge in [0.25, 0.3) is 0 Å². The third kappa shape index (κ3) is 7.38. The Bertz CT molecular complexity index is 230. The summed E-state index contributed by atoms with van der Waals surface area (Å²) in [6.07, 6.45) is 19.3. The van der Waals surface area contributed by atoms with Gasteiger partial charge in [0, 0.05) is 6.61 Å². The number of hydrogen-bond acceptors (Lipinski definition) is 1. The number of aliphatic hydroxyl groups is 1. The summed E-state index contributed by atoms with van der Waals surface area (Å²) in [7, 11) is 0. The van der Waals surface area contributed by atoms with Crippen LogP contribution in [0.15, 0.2) is 24.3 Å². The molecule has 0 aromatic carbocycles. The van der Waals surface area contributed by atoms with E-state index in [0.29, 0.717) is 12.5 Å². The molecule has 17 heavy (non-hydrogen) atoms. The topological polar surface area (TPSA) is 20.2 Å². The Kier molecular flexibility index (Phi) is 8.08. The monoisotopic (exact) mass is 236 g/mol. The van der Waals surface area contributed by atoms with Gasteiger partial charge in [-0.25, -0.2) is 0 Å². The van der Waals surface area contributed by atoms with E-state index < -0.39 is 0 Å². The van der Waals surface area contributed by atoms with Crippen molar-refractivity contribution in [2.75, 3.05) is 6.61 Å². The Balaban J connectivity index is 2.39. The minimum atomic E-state index is 0.340. The highest BCUT2D eigenvalue weighted by molar-refractivity contribution is 4.89. The summed E-state index contributed by atoms with van der Waals surface area (Å²) < 4.78 is 0. The molecule has 0 saturated heterocycles. The molecule has 0 aromatic rings. The summed E-state index contributed by atoms with van der Waals surface area (Å²) in [5.41, 5.74) is 0. The van der Waals surface area contributed by atoms with Crippen LogP contribution in [-0.2, 0) is 0 Å². The largest absolute Gasteiger partial charge is 0.396 e. The first kappa shape index (κ1) is 14.5. The predicted molar refractivity (Wildman–Crippen MR) is 75.0 cm³/mol. The van der Waals surface area contributed by atoms with E-state index in [1.807, 2.05) is 0 Å². The van der Waals surface area contributed by atoms with Crippen LogP contribution in [0.25, 0.3) is 0 Å². The SMILES string of the molecule is CC(CO)CC1CCC=CCCC=CCCC1. The Morgan fingerprint density at radius 3 is 2.35 bits per heavy atom. The van der Waals surface area contributed by atoms with Crippen LogP contribution < -0.4 is 0 Å². The molecule has 1 aliphatic carbocycles. The van der Waals surface area contributed by atoms with E-state index in [-0.39, 0.29) is 0 Å². The first-order valence-electron chi connectivity index (χ1n) is 7.23. The number of allylic oxidation sites excluding steroid dienone is 4. The second kappa shape index (κ2) is 9.47. The molecule has 1 heteroatoms. The zero-order valence-corrected chi connectivity index (χ0v) is 11.3. The lowest BCUT2D eigenvalue weighted by Crippen LogP contribution is -2.10. The van der Waals surface area contributed by atoms with Crippen LogP contribution in [0.4, 0.5) is 0 Å². The number of aliphatic hydroxyl groups excluding tert-OH is 1. The molecule has 1 rings (SSSR count). The minimum Gasteiger partial charge on any atom is -0.396 e. The molecule has 0 aromatic heterocycles. The van der Waals surface area contributed by atoms with Crippen LogP contribution >= 0.6 is 0 Å². The maximum Gasteiger partial charge on any atom is 0.0456 e. The van der Waals surface area contributed by atoms with Crippen molar-refractivity contribution in [3.63, 3.8) is 0 Å². The molecule has 1 N–H and O–H groups in total. The lowest BCUT2D eigenvalue weighted by Gasteiger charge is -2.19. The quantitative estimate of drug-likeness (QED) is 0.716. The highest BCUT2D eigenvalue weighted by atomic mass is 16.3. The molecule has 0 aliphatic heterocycles.